The second-order valence-corrected chi connectivity index (χ2v) is 4.77. The van der Waals surface area contributed by atoms with Crippen LogP contribution in [0.1, 0.15) is 5.69 Å². The van der Waals surface area contributed by atoms with E-state index in [0.29, 0.717) is 6.54 Å². The number of amides is 1. The molecule has 1 saturated heterocycles. The molecule has 2 heterocycles. The molecule has 1 N–H and O–H groups in total. The Morgan fingerprint density at radius 2 is 2.40 bits per heavy atom. The van der Waals surface area contributed by atoms with Crippen molar-refractivity contribution in [1.29, 1.82) is 0 Å². The van der Waals surface area contributed by atoms with Gasteiger partial charge in [0.15, 0.2) is 0 Å². The van der Waals surface area contributed by atoms with Crippen molar-refractivity contribution >= 4 is 28.5 Å². The highest BCUT2D eigenvalue weighted by Gasteiger charge is 2.16. The van der Waals surface area contributed by atoms with E-state index in [1.54, 1.807) is 0 Å². The molecule has 5 heteroatoms. The molecule has 1 aliphatic heterocycles. The first-order valence-electron chi connectivity index (χ1n) is 4.83. The lowest BCUT2D eigenvalue weighted by atomic mass is 10.3. The number of piperazine rings is 1. The molecule has 1 aromatic heterocycles. The van der Waals surface area contributed by atoms with Gasteiger partial charge in [-0.15, -0.1) is 0 Å². The summed E-state index contributed by atoms with van der Waals surface area (Å²) in [4.78, 5) is 17.6. The fourth-order valence-electron chi connectivity index (χ4n) is 1.56. The summed E-state index contributed by atoms with van der Waals surface area (Å²) in [7, 11) is 0. The van der Waals surface area contributed by atoms with Crippen LogP contribution in [0.25, 0.3) is 0 Å². The molecule has 0 unspecified atom stereocenters. The summed E-state index contributed by atoms with van der Waals surface area (Å²) in [5.41, 5.74) is 1.02. The van der Waals surface area contributed by atoms with E-state index in [9.17, 15) is 4.79 Å². The van der Waals surface area contributed by atoms with Gasteiger partial charge in [-0.1, -0.05) is 0 Å². The maximum absolute atomic E-state index is 11.1. The Bertz CT molecular complexity index is 352. The number of nitrogens with one attached hydrogen (secondary N) is 1. The van der Waals surface area contributed by atoms with Crippen molar-refractivity contribution in [2.45, 2.75) is 6.54 Å². The van der Waals surface area contributed by atoms with E-state index < -0.39 is 0 Å². The maximum Gasteiger partial charge on any atom is 0.234 e. The first-order chi connectivity index (χ1) is 7.24. The Labute approximate surface area is 102 Å². The van der Waals surface area contributed by atoms with Crippen LogP contribution in [0.3, 0.4) is 0 Å². The molecule has 2 rings (SSSR count). The Morgan fingerprint density at radius 1 is 1.53 bits per heavy atom. The smallest absolute Gasteiger partial charge is 0.234 e. The molecule has 1 aliphatic rings. The highest BCUT2D eigenvalue weighted by Crippen LogP contribution is 2.06. The van der Waals surface area contributed by atoms with Gasteiger partial charge >= 0.3 is 0 Å². The zero-order valence-corrected chi connectivity index (χ0v) is 10.4. The summed E-state index contributed by atoms with van der Waals surface area (Å²) >= 11 is 2.23. The van der Waals surface area contributed by atoms with Crippen molar-refractivity contribution in [1.82, 2.24) is 15.2 Å². The van der Waals surface area contributed by atoms with Gasteiger partial charge in [0.2, 0.25) is 5.91 Å². The Balaban J connectivity index is 1.96. The third kappa shape index (κ3) is 3.13. The second kappa shape index (κ2) is 4.89. The zero-order valence-electron chi connectivity index (χ0n) is 8.24. The highest BCUT2D eigenvalue weighted by molar-refractivity contribution is 14.1. The van der Waals surface area contributed by atoms with Gasteiger partial charge in [0.1, 0.15) is 0 Å². The maximum atomic E-state index is 11.1. The molecule has 0 spiro atoms. The summed E-state index contributed by atoms with van der Waals surface area (Å²) in [5, 5.41) is 2.80. The molecule has 1 fully saturated rings. The molecule has 1 amide bonds. The minimum absolute atomic E-state index is 0.103. The third-order valence-electron chi connectivity index (χ3n) is 2.29. The average Bonchev–Trinajstić information content (AvgIpc) is 2.22. The number of pyridine rings is 1. The first kappa shape index (κ1) is 10.8. The van der Waals surface area contributed by atoms with Crippen LogP contribution in [-0.2, 0) is 11.3 Å². The van der Waals surface area contributed by atoms with Crippen LogP contribution in [0, 0.1) is 3.57 Å². The molecular formula is C10H12IN3O. The van der Waals surface area contributed by atoms with Gasteiger partial charge in [0, 0.05) is 29.4 Å². The summed E-state index contributed by atoms with van der Waals surface area (Å²) in [6.07, 6.45) is 1.85. The summed E-state index contributed by atoms with van der Waals surface area (Å²) in [6.45, 7) is 2.88. The number of hydrogen-bond acceptors (Lipinski definition) is 3. The molecule has 1 aromatic rings. The number of aromatic nitrogens is 1. The van der Waals surface area contributed by atoms with Crippen LogP contribution in [-0.4, -0.2) is 35.4 Å². The summed E-state index contributed by atoms with van der Waals surface area (Å²) < 4.78 is 1.13. The number of rotatable bonds is 2. The van der Waals surface area contributed by atoms with Gasteiger partial charge in [0.25, 0.3) is 0 Å². The number of nitrogens with zero attached hydrogens (tertiary/aromatic N) is 2. The van der Waals surface area contributed by atoms with E-state index in [1.807, 2.05) is 18.3 Å². The quantitative estimate of drug-likeness (QED) is 0.814. The van der Waals surface area contributed by atoms with Crippen molar-refractivity contribution in [2.75, 3.05) is 19.6 Å². The Hall–Kier alpha value is -0.690. The van der Waals surface area contributed by atoms with Gasteiger partial charge in [-0.2, -0.15) is 0 Å². The van der Waals surface area contributed by atoms with E-state index in [0.717, 1.165) is 28.9 Å². The highest BCUT2D eigenvalue weighted by atomic mass is 127. The lowest BCUT2D eigenvalue weighted by molar-refractivity contribution is -0.124. The first-order valence-corrected chi connectivity index (χ1v) is 5.91. The van der Waals surface area contributed by atoms with Gasteiger partial charge < -0.3 is 5.32 Å². The number of halogens is 1. The average molecular weight is 317 g/mol. The molecule has 0 saturated carbocycles. The van der Waals surface area contributed by atoms with Gasteiger partial charge in [0.05, 0.1) is 12.2 Å². The van der Waals surface area contributed by atoms with Crippen molar-refractivity contribution < 1.29 is 4.79 Å². The predicted octanol–water partition coefficient (Wildman–Crippen LogP) is 0.618. The molecule has 0 aliphatic carbocycles. The molecule has 0 aromatic carbocycles. The van der Waals surface area contributed by atoms with Crippen LogP contribution in [0.2, 0.25) is 0 Å². The van der Waals surface area contributed by atoms with Crippen molar-refractivity contribution in [3.8, 4) is 0 Å². The third-order valence-corrected chi connectivity index (χ3v) is 2.93. The standard InChI is InChI=1S/C10H12IN3O/c11-8-1-2-9(13-5-8)6-14-4-3-12-10(15)7-14/h1-2,5H,3-4,6-7H2,(H,12,15). The SMILES string of the molecule is O=C1CN(Cc2ccc(I)cn2)CCN1. The minimum atomic E-state index is 0.103. The molecule has 0 atom stereocenters. The van der Waals surface area contributed by atoms with Crippen molar-refractivity contribution in [3.63, 3.8) is 0 Å². The van der Waals surface area contributed by atoms with Gasteiger partial charge in [-0.25, -0.2) is 0 Å². The zero-order chi connectivity index (χ0) is 10.7. The van der Waals surface area contributed by atoms with Crippen molar-refractivity contribution in [3.05, 3.63) is 27.6 Å². The van der Waals surface area contributed by atoms with E-state index >= 15 is 0 Å². The predicted molar refractivity (Wildman–Crippen MR) is 65.2 cm³/mol. The molecule has 0 bridgehead atoms. The van der Waals surface area contributed by atoms with Crippen molar-refractivity contribution in [2.24, 2.45) is 0 Å². The number of carbonyl (C=O) groups is 1. The largest absolute Gasteiger partial charge is 0.354 e. The topological polar surface area (TPSA) is 45.2 Å². The molecule has 15 heavy (non-hydrogen) atoms. The Morgan fingerprint density at radius 3 is 3.07 bits per heavy atom. The minimum Gasteiger partial charge on any atom is -0.354 e. The summed E-state index contributed by atoms with van der Waals surface area (Å²) in [6, 6.07) is 4.04. The Kier molecular flexibility index (Phi) is 3.53. The van der Waals surface area contributed by atoms with Crippen LogP contribution in [0.15, 0.2) is 18.3 Å². The molecule has 0 radical (unpaired) electrons. The second-order valence-electron chi connectivity index (χ2n) is 3.53. The lowest BCUT2D eigenvalue weighted by Gasteiger charge is -2.25. The fourth-order valence-corrected chi connectivity index (χ4v) is 1.87. The van der Waals surface area contributed by atoms with Crippen LogP contribution >= 0.6 is 22.6 Å². The van der Waals surface area contributed by atoms with E-state index in [2.05, 4.69) is 37.8 Å². The molecule has 4 nitrogen and oxygen atoms in total. The van der Waals surface area contributed by atoms with Gasteiger partial charge in [-0.05, 0) is 34.7 Å². The van der Waals surface area contributed by atoms with E-state index in [-0.39, 0.29) is 5.91 Å². The van der Waals surface area contributed by atoms with E-state index in [1.165, 1.54) is 0 Å². The van der Waals surface area contributed by atoms with Crippen LogP contribution < -0.4 is 5.32 Å². The molecule has 80 valence electrons. The number of carbonyl (C=O) groups excluding carboxylic acids is 1. The van der Waals surface area contributed by atoms with Gasteiger partial charge in [-0.3, -0.25) is 14.7 Å². The number of hydrogen-bond donors (Lipinski definition) is 1. The normalized spacial score (nSPS) is 17.5. The van der Waals surface area contributed by atoms with E-state index in [4.69, 9.17) is 0 Å². The van der Waals surface area contributed by atoms with Crippen LogP contribution in [0.5, 0.6) is 0 Å². The van der Waals surface area contributed by atoms with Crippen LogP contribution in [0.4, 0.5) is 0 Å². The fraction of sp³-hybridized carbons (Fsp3) is 0.400. The molecular weight excluding hydrogens is 305 g/mol. The lowest BCUT2D eigenvalue weighted by Crippen LogP contribution is -2.47. The monoisotopic (exact) mass is 317 g/mol. The summed E-state index contributed by atoms with van der Waals surface area (Å²) in [5.74, 6) is 0.103.